The van der Waals surface area contributed by atoms with E-state index in [1.54, 1.807) is 0 Å². The molecule has 1 fully saturated rings. The number of allylic oxidation sites excluding steroid dienone is 1. The van der Waals surface area contributed by atoms with E-state index in [1.165, 1.54) is 0 Å². The monoisotopic (exact) mass is 140 g/mol. The number of carbonyl (C=O) groups excluding carboxylic acids is 1. The van der Waals surface area contributed by atoms with Gasteiger partial charge in [-0.25, -0.2) is 0 Å². The van der Waals surface area contributed by atoms with Crippen LogP contribution in [0.15, 0.2) is 12.2 Å². The number of hydrogen-bond acceptors (Lipinski definition) is 2. The first-order chi connectivity index (χ1) is 4.84. The van der Waals surface area contributed by atoms with Crippen molar-refractivity contribution in [2.24, 2.45) is 5.92 Å². The standard InChI is InChI=1S/C8H12O2/c1-7(6-9)8-2-4-10-5-3-8/h6,8H,1-5H2. The number of carbonyl (C=O) groups is 1. The fourth-order valence-corrected chi connectivity index (χ4v) is 1.16. The van der Waals surface area contributed by atoms with E-state index in [9.17, 15) is 4.79 Å². The lowest BCUT2D eigenvalue weighted by atomic mass is 9.93. The maximum absolute atomic E-state index is 10.3. The molecule has 0 spiro atoms. The van der Waals surface area contributed by atoms with Crippen LogP contribution >= 0.6 is 0 Å². The molecule has 1 saturated heterocycles. The highest BCUT2D eigenvalue weighted by Gasteiger charge is 2.15. The van der Waals surface area contributed by atoms with Gasteiger partial charge in [0.25, 0.3) is 0 Å². The molecular formula is C8H12O2. The highest BCUT2D eigenvalue weighted by atomic mass is 16.5. The zero-order valence-corrected chi connectivity index (χ0v) is 6.01. The molecule has 10 heavy (non-hydrogen) atoms. The topological polar surface area (TPSA) is 26.3 Å². The van der Waals surface area contributed by atoms with Crippen molar-refractivity contribution in [3.05, 3.63) is 12.2 Å². The van der Waals surface area contributed by atoms with Gasteiger partial charge in [-0.15, -0.1) is 0 Å². The average Bonchev–Trinajstić information content (AvgIpc) is 2.05. The average molecular weight is 140 g/mol. The summed E-state index contributed by atoms with van der Waals surface area (Å²) >= 11 is 0. The lowest BCUT2D eigenvalue weighted by molar-refractivity contribution is -0.105. The van der Waals surface area contributed by atoms with Crippen LogP contribution in [-0.4, -0.2) is 19.5 Å². The summed E-state index contributed by atoms with van der Waals surface area (Å²) in [6.45, 7) is 5.22. The Morgan fingerprint density at radius 1 is 1.50 bits per heavy atom. The van der Waals surface area contributed by atoms with Crippen LogP contribution < -0.4 is 0 Å². The fourth-order valence-electron chi connectivity index (χ4n) is 1.16. The first kappa shape index (κ1) is 7.48. The summed E-state index contributed by atoms with van der Waals surface area (Å²) in [5.74, 6) is 0.381. The summed E-state index contributed by atoms with van der Waals surface area (Å²) in [4.78, 5) is 10.3. The van der Waals surface area contributed by atoms with Crippen molar-refractivity contribution in [2.45, 2.75) is 12.8 Å². The van der Waals surface area contributed by atoms with Crippen molar-refractivity contribution in [3.8, 4) is 0 Å². The van der Waals surface area contributed by atoms with Crippen LogP contribution in [0.5, 0.6) is 0 Å². The molecule has 2 nitrogen and oxygen atoms in total. The minimum Gasteiger partial charge on any atom is -0.381 e. The molecule has 2 heteroatoms. The molecule has 56 valence electrons. The Labute approximate surface area is 60.9 Å². The van der Waals surface area contributed by atoms with Crippen LogP contribution in [0.4, 0.5) is 0 Å². The van der Waals surface area contributed by atoms with Crippen LogP contribution in [0.3, 0.4) is 0 Å². The van der Waals surface area contributed by atoms with E-state index in [0.717, 1.165) is 37.9 Å². The molecule has 0 aromatic rings. The van der Waals surface area contributed by atoms with Gasteiger partial charge in [0.05, 0.1) is 0 Å². The van der Waals surface area contributed by atoms with Crippen molar-refractivity contribution in [3.63, 3.8) is 0 Å². The van der Waals surface area contributed by atoms with Gasteiger partial charge in [-0.3, -0.25) is 4.79 Å². The third-order valence-electron chi connectivity index (χ3n) is 1.90. The molecule has 1 aliphatic heterocycles. The number of ether oxygens (including phenoxy) is 1. The van der Waals surface area contributed by atoms with E-state index >= 15 is 0 Å². The van der Waals surface area contributed by atoms with Gasteiger partial charge in [0.2, 0.25) is 0 Å². The minimum absolute atomic E-state index is 0.381. The second-order valence-corrected chi connectivity index (χ2v) is 2.58. The van der Waals surface area contributed by atoms with Crippen LogP contribution in [0.25, 0.3) is 0 Å². The largest absolute Gasteiger partial charge is 0.381 e. The Morgan fingerprint density at radius 3 is 2.60 bits per heavy atom. The fraction of sp³-hybridized carbons (Fsp3) is 0.625. The van der Waals surface area contributed by atoms with Gasteiger partial charge < -0.3 is 4.74 Å². The Kier molecular flexibility index (Phi) is 2.63. The van der Waals surface area contributed by atoms with Gasteiger partial charge in [-0.05, 0) is 24.3 Å². The molecule has 0 N–H and O–H groups in total. The summed E-state index contributed by atoms with van der Waals surface area (Å²) in [7, 11) is 0. The molecule has 0 aliphatic carbocycles. The maximum Gasteiger partial charge on any atom is 0.145 e. The highest BCUT2D eigenvalue weighted by Crippen LogP contribution is 2.19. The summed E-state index contributed by atoms with van der Waals surface area (Å²) in [5.41, 5.74) is 0.725. The third kappa shape index (κ3) is 1.67. The smallest absolute Gasteiger partial charge is 0.145 e. The number of aldehydes is 1. The first-order valence-electron chi connectivity index (χ1n) is 3.56. The van der Waals surface area contributed by atoms with E-state index in [4.69, 9.17) is 4.74 Å². The molecule has 0 radical (unpaired) electrons. The molecule has 0 aromatic carbocycles. The van der Waals surface area contributed by atoms with Crippen LogP contribution in [0.2, 0.25) is 0 Å². The summed E-state index contributed by atoms with van der Waals surface area (Å²) < 4.78 is 5.14. The molecule has 0 amide bonds. The maximum atomic E-state index is 10.3. The Bertz CT molecular complexity index is 134. The van der Waals surface area contributed by atoms with E-state index in [-0.39, 0.29) is 0 Å². The van der Waals surface area contributed by atoms with E-state index in [1.807, 2.05) is 0 Å². The van der Waals surface area contributed by atoms with E-state index in [2.05, 4.69) is 6.58 Å². The molecule has 1 rings (SSSR count). The normalized spacial score (nSPS) is 20.4. The zero-order chi connectivity index (χ0) is 7.40. The Hall–Kier alpha value is -0.630. The molecule has 1 heterocycles. The highest BCUT2D eigenvalue weighted by molar-refractivity contribution is 5.72. The SMILES string of the molecule is C=C(C=O)C1CCOCC1. The van der Waals surface area contributed by atoms with Crippen LogP contribution in [0.1, 0.15) is 12.8 Å². The molecule has 0 aromatic heterocycles. The van der Waals surface area contributed by atoms with Crippen molar-refractivity contribution in [2.75, 3.05) is 13.2 Å². The minimum atomic E-state index is 0.381. The van der Waals surface area contributed by atoms with Crippen molar-refractivity contribution < 1.29 is 9.53 Å². The van der Waals surface area contributed by atoms with Crippen molar-refractivity contribution >= 4 is 6.29 Å². The predicted molar refractivity (Wildman–Crippen MR) is 38.7 cm³/mol. The van der Waals surface area contributed by atoms with Gasteiger partial charge in [-0.1, -0.05) is 6.58 Å². The van der Waals surface area contributed by atoms with Gasteiger partial charge in [0, 0.05) is 13.2 Å². The summed E-state index contributed by atoms with van der Waals surface area (Å²) in [6.07, 6.45) is 2.77. The van der Waals surface area contributed by atoms with Crippen molar-refractivity contribution in [1.29, 1.82) is 0 Å². The molecule has 0 saturated carbocycles. The molecular weight excluding hydrogens is 128 g/mol. The van der Waals surface area contributed by atoms with E-state index in [0.29, 0.717) is 5.92 Å². The Balaban J connectivity index is 2.38. The van der Waals surface area contributed by atoms with Gasteiger partial charge in [0.1, 0.15) is 6.29 Å². The molecule has 1 aliphatic rings. The van der Waals surface area contributed by atoms with E-state index < -0.39 is 0 Å². The number of rotatable bonds is 2. The Morgan fingerprint density at radius 2 is 2.10 bits per heavy atom. The molecule has 0 bridgehead atoms. The lowest BCUT2D eigenvalue weighted by Gasteiger charge is -2.20. The summed E-state index contributed by atoms with van der Waals surface area (Å²) in [6, 6.07) is 0. The number of hydrogen-bond donors (Lipinski definition) is 0. The van der Waals surface area contributed by atoms with Crippen LogP contribution in [-0.2, 0) is 9.53 Å². The predicted octanol–water partition coefficient (Wildman–Crippen LogP) is 1.17. The van der Waals surface area contributed by atoms with Gasteiger partial charge in [-0.2, -0.15) is 0 Å². The second-order valence-electron chi connectivity index (χ2n) is 2.58. The third-order valence-corrected chi connectivity index (χ3v) is 1.90. The molecule has 0 unspecified atom stereocenters. The molecule has 0 atom stereocenters. The van der Waals surface area contributed by atoms with Gasteiger partial charge in [0.15, 0.2) is 0 Å². The first-order valence-corrected chi connectivity index (χ1v) is 3.56. The quantitative estimate of drug-likeness (QED) is 0.425. The van der Waals surface area contributed by atoms with Crippen molar-refractivity contribution in [1.82, 2.24) is 0 Å². The van der Waals surface area contributed by atoms with Gasteiger partial charge >= 0.3 is 0 Å². The lowest BCUT2D eigenvalue weighted by Crippen LogP contribution is -2.17. The second kappa shape index (κ2) is 3.52. The summed E-state index contributed by atoms with van der Waals surface area (Å²) in [5, 5.41) is 0. The zero-order valence-electron chi connectivity index (χ0n) is 6.01. The van der Waals surface area contributed by atoms with Crippen LogP contribution in [0, 0.1) is 5.92 Å².